The molecule has 0 fully saturated rings. The van der Waals surface area contributed by atoms with Gasteiger partial charge in [-0.1, -0.05) is 0 Å². The molecule has 10 heavy (non-hydrogen) atoms. The van der Waals surface area contributed by atoms with E-state index < -0.39 is 16.2 Å². The summed E-state index contributed by atoms with van der Waals surface area (Å²) in [6, 6.07) is -1.03. The third kappa shape index (κ3) is 4.03. The normalized spacial score (nSPS) is 10.9. The molecule has 0 bridgehead atoms. The molecular formula is CH7N5O3S. The summed E-state index contributed by atoms with van der Waals surface area (Å²) >= 11 is 0. The molecule has 0 saturated carbocycles. The molecule has 0 heterocycles. The van der Waals surface area contributed by atoms with Crippen molar-refractivity contribution >= 4 is 16.2 Å². The van der Waals surface area contributed by atoms with E-state index in [1.54, 1.807) is 5.43 Å². The average Bonchev–Trinajstić information content (AvgIpc) is 1.85. The van der Waals surface area contributed by atoms with Crippen LogP contribution in [0.5, 0.6) is 0 Å². The zero-order valence-corrected chi connectivity index (χ0v) is 5.60. The number of amides is 2. The minimum Gasteiger partial charge on any atom is -0.351 e. The molecule has 0 unspecified atom stereocenters. The van der Waals surface area contributed by atoms with Crippen LogP contribution in [0.2, 0.25) is 0 Å². The van der Waals surface area contributed by atoms with Crippen LogP contribution in [-0.2, 0) is 10.2 Å². The Kier molecular flexibility index (Phi) is 3.02. The molecule has 0 aliphatic carbocycles. The summed E-state index contributed by atoms with van der Waals surface area (Å²) in [4.78, 5) is 12.8. The molecule has 0 radical (unpaired) electrons. The fourth-order valence-electron chi connectivity index (χ4n) is 0.147. The summed E-state index contributed by atoms with van der Waals surface area (Å²) in [6.45, 7) is 0. The predicted molar refractivity (Wildman–Crippen MR) is 32.1 cm³/mol. The Balaban J connectivity index is 3.81. The molecule has 7 N–H and O–H groups in total. The van der Waals surface area contributed by atoms with Crippen LogP contribution in [0.1, 0.15) is 0 Å². The van der Waals surface area contributed by atoms with Gasteiger partial charge < -0.3 is 5.73 Å². The largest absolute Gasteiger partial charge is 0.351 e. The molecule has 0 rings (SSSR count). The molecule has 9 heteroatoms. The van der Waals surface area contributed by atoms with Gasteiger partial charge in [-0.05, 0) is 0 Å². The van der Waals surface area contributed by atoms with Gasteiger partial charge in [-0.25, -0.2) is 4.79 Å². The predicted octanol–water partition coefficient (Wildman–Crippen LogP) is -3.13. The van der Waals surface area contributed by atoms with E-state index in [-0.39, 0.29) is 0 Å². The van der Waals surface area contributed by atoms with Crippen LogP contribution < -0.4 is 26.7 Å². The SMILES string of the molecule is NNS(=O)(=O)NNC(N)=O. The number of hydrazine groups is 2. The summed E-state index contributed by atoms with van der Waals surface area (Å²) in [6.07, 6.45) is 0. The Morgan fingerprint density at radius 3 is 2.20 bits per heavy atom. The first-order valence-corrected chi connectivity index (χ1v) is 3.51. The van der Waals surface area contributed by atoms with Crippen molar-refractivity contribution in [3.8, 4) is 0 Å². The van der Waals surface area contributed by atoms with Gasteiger partial charge in [-0.2, -0.15) is 8.42 Å². The van der Waals surface area contributed by atoms with E-state index in [0.29, 0.717) is 0 Å². The molecule has 0 saturated heterocycles. The van der Waals surface area contributed by atoms with Crippen molar-refractivity contribution in [2.75, 3.05) is 0 Å². The zero-order valence-electron chi connectivity index (χ0n) is 4.79. The minimum absolute atomic E-state index is 1.03. The van der Waals surface area contributed by atoms with Crippen LogP contribution in [0.25, 0.3) is 0 Å². The van der Waals surface area contributed by atoms with Gasteiger partial charge in [0.1, 0.15) is 0 Å². The Labute approximate surface area is 57.1 Å². The number of primary amides is 1. The van der Waals surface area contributed by atoms with E-state index in [0.717, 1.165) is 0 Å². The highest BCUT2D eigenvalue weighted by molar-refractivity contribution is 7.87. The van der Waals surface area contributed by atoms with Crippen LogP contribution in [0.3, 0.4) is 0 Å². The summed E-state index contributed by atoms with van der Waals surface area (Å²) in [5.74, 6) is 4.50. The van der Waals surface area contributed by atoms with Crippen LogP contribution in [0.4, 0.5) is 4.79 Å². The quantitative estimate of drug-likeness (QED) is 0.225. The van der Waals surface area contributed by atoms with E-state index in [9.17, 15) is 13.2 Å². The van der Waals surface area contributed by atoms with Gasteiger partial charge in [0.05, 0.1) is 0 Å². The first-order valence-electron chi connectivity index (χ1n) is 2.02. The van der Waals surface area contributed by atoms with Crippen molar-refractivity contribution in [1.29, 1.82) is 0 Å². The number of hydrogen-bond acceptors (Lipinski definition) is 4. The van der Waals surface area contributed by atoms with Crippen LogP contribution in [0, 0.1) is 0 Å². The lowest BCUT2D eigenvalue weighted by molar-refractivity contribution is 0.247. The smallest absolute Gasteiger partial charge is 0.327 e. The fraction of sp³-hybridized carbons (Fsp3) is 0. The van der Waals surface area contributed by atoms with Gasteiger partial charge in [0.25, 0.3) is 0 Å². The van der Waals surface area contributed by atoms with Crippen molar-refractivity contribution in [3.63, 3.8) is 0 Å². The van der Waals surface area contributed by atoms with Gasteiger partial charge in [0, 0.05) is 0 Å². The average molecular weight is 169 g/mol. The Morgan fingerprint density at radius 1 is 1.40 bits per heavy atom. The standard InChI is InChI=1S/CH7N5O3S/c2-1(7)4-6-10(8,9)5-3/h5-6H,3H2,(H3,2,4,7). The molecule has 0 aromatic heterocycles. The second-order valence-electron chi connectivity index (χ2n) is 1.21. The zero-order chi connectivity index (χ0) is 8.20. The van der Waals surface area contributed by atoms with E-state index in [2.05, 4.69) is 11.6 Å². The molecule has 0 atom stereocenters. The molecule has 8 nitrogen and oxygen atoms in total. The Bertz CT molecular complexity index is 207. The lowest BCUT2D eigenvalue weighted by Crippen LogP contribution is -2.50. The number of nitrogens with two attached hydrogens (primary N) is 2. The van der Waals surface area contributed by atoms with Gasteiger partial charge in [0.2, 0.25) is 0 Å². The summed E-state index contributed by atoms with van der Waals surface area (Å²) < 4.78 is 20.6. The highest BCUT2D eigenvalue weighted by Gasteiger charge is 2.04. The van der Waals surface area contributed by atoms with Crippen molar-refractivity contribution in [3.05, 3.63) is 0 Å². The molecule has 0 aromatic carbocycles. The highest BCUT2D eigenvalue weighted by Crippen LogP contribution is 1.63. The molecular weight excluding hydrogens is 162 g/mol. The van der Waals surface area contributed by atoms with Crippen molar-refractivity contribution < 1.29 is 13.2 Å². The van der Waals surface area contributed by atoms with Crippen LogP contribution in [0.15, 0.2) is 0 Å². The maximum Gasteiger partial charge on any atom is 0.327 e. The Hall–Kier alpha value is -0.900. The third-order valence-electron chi connectivity index (χ3n) is 0.464. The topological polar surface area (TPSA) is 139 Å². The van der Waals surface area contributed by atoms with Gasteiger partial charge in [0.15, 0.2) is 0 Å². The maximum absolute atomic E-state index is 10.3. The van der Waals surface area contributed by atoms with E-state index >= 15 is 0 Å². The van der Waals surface area contributed by atoms with Gasteiger partial charge in [-0.3, -0.25) is 11.3 Å². The molecule has 0 aliphatic rings. The molecule has 0 aromatic rings. The lowest BCUT2D eigenvalue weighted by Gasteiger charge is -2.02. The summed E-state index contributed by atoms with van der Waals surface area (Å²) in [7, 11) is -3.85. The van der Waals surface area contributed by atoms with Crippen LogP contribution in [-0.4, -0.2) is 14.4 Å². The number of rotatable bonds is 3. The van der Waals surface area contributed by atoms with Crippen LogP contribution >= 0.6 is 0 Å². The minimum atomic E-state index is -3.85. The fourth-order valence-corrected chi connectivity index (χ4v) is 0.441. The second-order valence-corrected chi connectivity index (χ2v) is 2.66. The van der Waals surface area contributed by atoms with Crippen molar-refractivity contribution in [1.82, 2.24) is 15.1 Å². The second kappa shape index (κ2) is 3.31. The summed E-state index contributed by atoms with van der Waals surface area (Å²) in [5, 5.41) is 0. The Morgan fingerprint density at radius 2 is 1.90 bits per heavy atom. The number of carbonyl (C=O) groups is 1. The van der Waals surface area contributed by atoms with Gasteiger partial charge >= 0.3 is 16.2 Å². The lowest BCUT2D eigenvalue weighted by atomic mass is 11.2. The monoisotopic (exact) mass is 169 g/mol. The van der Waals surface area contributed by atoms with Crippen molar-refractivity contribution in [2.45, 2.75) is 0 Å². The van der Waals surface area contributed by atoms with E-state index in [1.807, 2.05) is 0 Å². The first-order chi connectivity index (χ1) is 4.48. The summed E-state index contributed by atoms with van der Waals surface area (Å²) in [5.41, 5.74) is 6.10. The maximum atomic E-state index is 10.3. The number of carbonyl (C=O) groups excluding carboxylic acids is 1. The molecule has 60 valence electrons. The number of nitrogens with one attached hydrogen (secondary N) is 3. The van der Waals surface area contributed by atoms with E-state index in [1.165, 1.54) is 9.66 Å². The number of urea groups is 1. The van der Waals surface area contributed by atoms with Gasteiger partial charge in [-0.15, -0.1) is 9.66 Å². The molecule has 2 amide bonds. The third-order valence-corrected chi connectivity index (χ3v) is 1.14. The molecule has 0 spiro atoms. The van der Waals surface area contributed by atoms with Crippen molar-refractivity contribution in [2.24, 2.45) is 11.6 Å². The van der Waals surface area contributed by atoms with E-state index in [4.69, 9.17) is 0 Å². The first kappa shape index (κ1) is 9.10. The number of hydrogen-bond donors (Lipinski definition) is 5. The highest BCUT2D eigenvalue weighted by atomic mass is 32.2. The molecule has 0 aliphatic heterocycles.